The van der Waals surface area contributed by atoms with E-state index in [0.717, 1.165) is 49.8 Å². The molecule has 168 valence electrons. The van der Waals surface area contributed by atoms with Crippen molar-refractivity contribution in [1.82, 2.24) is 9.47 Å². The van der Waals surface area contributed by atoms with Gasteiger partial charge in [0.2, 0.25) is 0 Å². The third-order valence-corrected chi connectivity index (χ3v) is 7.58. The van der Waals surface area contributed by atoms with Crippen molar-refractivity contribution < 1.29 is 14.6 Å². The maximum Gasteiger partial charge on any atom is 0.119 e. The number of rotatable bonds is 6. The van der Waals surface area contributed by atoms with Crippen molar-refractivity contribution in [3.8, 4) is 11.5 Å². The first-order valence-corrected chi connectivity index (χ1v) is 12.2. The molecule has 0 aliphatic carbocycles. The fraction of sp³-hybridized carbons (Fsp3) is 0.259. The van der Waals surface area contributed by atoms with Gasteiger partial charge in [-0.2, -0.15) is 0 Å². The van der Waals surface area contributed by atoms with Gasteiger partial charge in [0.25, 0.3) is 0 Å². The van der Waals surface area contributed by atoms with Gasteiger partial charge in [0, 0.05) is 41.7 Å². The van der Waals surface area contributed by atoms with E-state index >= 15 is 0 Å². The highest BCUT2D eigenvalue weighted by atomic mass is 32.1. The average molecular weight is 459 g/mol. The predicted octanol–water partition coefficient (Wildman–Crippen LogP) is 5.47. The second-order valence-corrected chi connectivity index (χ2v) is 9.56. The lowest BCUT2D eigenvalue weighted by Gasteiger charge is -2.26. The van der Waals surface area contributed by atoms with Gasteiger partial charge in [-0.15, -0.1) is 11.3 Å². The molecule has 1 aliphatic rings. The number of aromatic nitrogens is 1. The lowest BCUT2D eigenvalue weighted by Crippen LogP contribution is -2.38. The minimum absolute atomic E-state index is 0.312. The quantitative estimate of drug-likeness (QED) is 0.366. The lowest BCUT2D eigenvalue weighted by molar-refractivity contribution is 0.0322. The molecule has 2 aromatic heterocycles. The highest BCUT2D eigenvalue weighted by Crippen LogP contribution is 2.42. The Kier molecular flexibility index (Phi) is 5.42. The molecule has 0 saturated carbocycles. The Morgan fingerprint density at radius 1 is 0.939 bits per heavy atom. The van der Waals surface area contributed by atoms with Crippen LogP contribution in [-0.2, 0) is 11.3 Å². The first kappa shape index (κ1) is 20.5. The average Bonchev–Trinajstić information content (AvgIpc) is 3.36. The summed E-state index contributed by atoms with van der Waals surface area (Å²) in [5.74, 6) is 1.22. The van der Waals surface area contributed by atoms with Gasteiger partial charge in [0.1, 0.15) is 18.1 Å². The van der Waals surface area contributed by atoms with Crippen LogP contribution >= 0.6 is 11.3 Å². The first-order chi connectivity index (χ1) is 16.3. The standard InChI is InChI=1S/C27H26N2O3S/c30-20-7-10-23-25(17-20)33-27-22-3-1-2-4-24(22)29(26(23)27)18-19-5-8-21(9-6-19)32-16-13-28-11-14-31-15-12-28/h1-10,17,30H,11-16,18H2. The van der Waals surface area contributed by atoms with Gasteiger partial charge < -0.3 is 19.1 Å². The number of phenolic OH excluding ortho intramolecular Hbond substituents is 1. The van der Waals surface area contributed by atoms with Crippen molar-refractivity contribution >= 4 is 42.5 Å². The van der Waals surface area contributed by atoms with Crippen molar-refractivity contribution in [3.63, 3.8) is 0 Å². The fourth-order valence-corrected chi connectivity index (χ4v) is 5.97. The summed E-state index contributed by atoms with van der Waals surface area (Å²) in [5, 5.41) is 12.4. The number of benzene rings is 3. The molecule has 33 heavy (non-hydrogen) atoms. The fourth-order valence-electron chi connectivity index (χ4n) is 4.70. The number of para-hydroxylation sites is 1. The molecule has 1 saturated heterocycles. The van der Waals surface area contributed by atoms with Gasteiger partial charge in [-0.05, 0) is 42.0 Å². The Morgan fingerprint density at radius 3 is 2.61 bits per heavy atom. The van der Waals surface area contributed by atoms with Crippen molar-refractivity contribution in [2.75, 3.05) is 39.5 Å². The summed E-state index contributed by atoms with van der Waals surface area (Å²) >= 11 is 1.75. The van der Waals surface area contributed by atoms with Crippen LogP contribution in [0.5, 0.6) is 11.5 Å². The zero-order valence-electron chi connectivity index (χ0n) is 18.4. The molecule has 6 rings (SSSR count). The lowest BCUT2D eigenvalue weighted by atomic mass is 10.2. The topological polar surface area (TPSA) is 46.9 Å². The van der Waals surface area contributed by atoms with E-state index in [-0.39, 0.29) is 0 Å². The van der Waals surface area contributed by atoms with Crippen molar-refractivity contribution in [1.29, 1.82) is 0 Å². The van der Waals surface area contributed by atoms with Crippen molar-refractivity contribution in [2.45, 2.75) is 6.54 Å². The van der Waals surface area contributed by atoms with Gasteiger partial charge in [0.05, 0.1) is 28.9 Å². The summed E-state index contributed by atoms with van der Waals surface area (Å²) in [6.45, 7) is 6.00. The van der Waals surface area contributed by atoms with E-state index in [1.807, 2.05) is 12.1 Å². The Labute approximate surface area is 196 Å². The Bertz CT molecular complexity index is 1410. The van der Waals surface area contributed by atoms with Crippen LogP contribution < -0.4 is 4.74 Å². The van der Waals surface area contributed by atoms with E-state index in [1.54, 1.807) is 17.4 Å². The van der Waals surface area contributed by atoms with Crippen LogP contribution in [0, 0.1) is 0 Å². The van der Waals surface area contributed by atoms with Crippen LogP contribution in [-0.4, -0.2) is 54.0 Å². The first-order valence-electron chi connectivity index (χ1n) is 11.4. The van der Waals surface area contributed by atoms with Gasteiger partial charge >= 0.3 is 0 Å². The van der Waals surface area contributed by atoms with Gasteiger partial charge in [-0.1, -0.05) is 30.3 Å². The molecule has 1 fully saturated rings. The molecule has 0 atom stereocenters. The van der Waals surface area contributed by atoms with E-state index in [2.05, 4.69) is 58.0 Å². The molecule has 0 spiro atoms. The molecule has 5 nitrogen and oxygen atoms in total. The van der Waals surface area contributed by atoms with Gasteiger partial charge in [-0.3, -0.25) is 4.90 Å². The molecule has 5 aromatic rings. The van der Waals surface area contributed by atoms with E-state index < -0.39 is 0 Å². The number of phenols is 1. The molecule has 0 amide bonds. The number of fused-ring (bicyclic) bond motifs is 5. The van der Waals surface area contributed by atoms with Crippen LogP contribution in [0.3, 0.4) is 0 Å². The summed E-state index contributed by atoms with van der Waals surface area (Å²) in [5.41, 5.74) is 3.71. The minimum Gasteiger partial charge on any atom is -0.508 e. The maximum atomic E-state index is 9.95. The van der Waals surface area contributed by atoms with E-state index in [1.165, 1.54) is 32.1 Å². The third-order valence-electron chi connectivity index (χ3n) is 6.40. The molecule has 6 heteroatoms. The van der Waals surface area contributed by atoms with Crippen LogP contribution in [0.4, 0.5) is 0 Å². The molecule has 1 aliphatic heterocycles. The summed E-state index contributed by atoms with van der Waals surface area (Å²) in [7, 11) is 0. The van der Waals surface area contributed by atoms with Crippen molar-refractivity contribution in [3.05, 3.63) is 72.3 Å². The zero-order valence-corrected chi connectivity index (χ0v) is 19.2. The van der Waals surface area contributed by atoms with Crippen LogP contribution in [0.25, 0.3) is 31.2 Å². The highest BCUT2D eigenvalue weighted by molar-refractivity contribution is 7.26. The largest absolute Gasteiger partial charge is 0.508 e. The summed E-state index contributed by atoms with van der Waals surface area (Å²) in [6.07, 6.45) is 0. The number of hydrogen-bond acceptors (Lipinski definition) is 5. The highest BCUT2D eigenvalue weighted by Gasteiger charge is 2.17. The molecular weight excluding hydrogens is 432 g/mol. The molecule has 0 unspecified atom stereocenters. The molecule has 0 radical (unpaired) electrons. The van der Waals surface area contributed by atoms with Gasteiger partial charge in [0.15, 0.2) is 0 Å². The molecule has 3 heterocycles. The smallest absolute Gasteiger partial charge is 0.119 e. The molecule has 1 N–H and O–H groups in total. The molecule has 0 bridgehead atoms. The zero-order chi connectivity index (χ0) is 22.2. The normalized spacial score (nSPS) is 15.0. The number of nitrogens with zero attached hydrogens (tertiary/aromatic N) is 2. The third kappa shape index (κ3) is 3.95. The van der Waals surface area contributed by atoms with E-state index in [0.29, 0.717) is 12.4 Å². The monoisotopic (exact) mass is 458 g/mol. The van der Waals surface area contributed by atoms with Crippen LogP contribution in [0.1, 0.15) is 5.56 Å². The summed E-state index contributed by atoms with van der Waals surface area (Å²) < 4.78 is 16.2. The number of morpholine rings is 1. The Hall–Kier alpha value is -3.06. The predicted molar refractivity (Wildman–Crippen MR) is 135 cm³/mol. The van der Waals surface area contributed by atoms with Crippen LogP contribution in [0.15, 0.2) is 66.7 Å². The Morgan fingerprint density at radius 2 is 1.76 bits per heavy atom. The maximum absolute atomic E-state index is 9.95. The van der Waals surface area contributed by atoms with E-state index in [4.69, 9.17) is 9.47 Å². The number of ether oxygens (including phenoxy) is 2. The summed E-state index contributed by atoms with van der Waals surface area (Å²) in [4.78, 5) is 2.38. The summed E-state index contributed by atoms with van der Waals surface area (Å²) in [6, 6.07) is 22.7. The molecule has 3 aromatic carbocycles. The number of thiophene rings is 1. The van der Waals surface area contributed by atoms with E-state index in [9.17, 15) is 5.11 Å². The van der Waals surface area contributed by atoms with Crippen LogP contribution in [0.2, 0.25) is 0 Å². The number of aromatic hydroxyl groups is 1. The molecular formula is C27H26N2O3S. The minimum atomic E-state index is 0.312. The second-order valence-electron chi connectivity index (χ2n) is 8.51. The SMILES string of the molecule is Oc1ccc2c(c1)sc1c3ccccc3n(Cc3ccc(OCCN4CCOCC4)cc3)c21. The van der Waals surface area contributed by atoms with Crippen molar-refractivity contribution in [2.24, 2.45) is 0 Å². The Balaban J connectivity index is 1.26. The number of hydrogen-bond donors (Lipinski definition) is 1. The second kappa shape index (κ2) is 8.71. The van der Waals surface area contributed by atoms with Gasteiger partial charge in [-0.25, -0.2) is 0 Å².